The first-order valence-electron chi connectivity index (χ1n) is 7.19. The van der Waals surface area contributed by atoms with Crippen molar-refractivity contribution in [2.24, 2.45) is 0 Å². The Hall–Kier alpha value is -0.450. The van der Waals surface area contributed by atoms with Crippen LogP contribution < -0.4 is 5.32 Å². The van der Waals surface area contributed by atoms with Crippen molar-refractivity contribution in [1.29, 1.82) is 0 Å². The van der Waals surface area contributed by atoms with Crippen molar-refractivity contribution < 1.29 is 0 Å². The molecule has 0 aromatic carbocycles. The number of rotatable bonds is 5. The van der Waals surface area contributed by atoms with Crippen molar-refractivity contribution in [2.75, 3.05) is 6.54 Å². The van der Waals surface area contributed by atoms with Crippen molar-refractivity contribution in [3.05, 3.63) is 16.1 Å². The van der Waals surface area contributed by atoms with Crippen molar-refractivity contribution in [3.63, 3.8) is 0 Å². The van der Waals surface area contributed by atoms with Gasteiger partial charge < -0.3 is 5.32 Å². The number of likely N-dealkylation sites (tertiary alicyclic amines) is 1. The van der Waals surface area contributed by atoms with Gasteiger partial charge in [-0.3, -0.25) is 4.90 Å². The zero-order chi connectivity index (χ0) is 12.5. The van der Waals surface area contributed by atoms with Gasteiger partial charge in [-0.25, -0.2) is 4.98 Å². The molecule has 0 spiro atoms. The summed E-state index contributed by atoms with van der Waals surface area (Å²) in [7, 11) is 0. The van der Waals surface area contributed by atoms with Crippen LogP contribution in [0.3, 0.4) is 0 Å². The van der Waals surface area contributed by atoms with Gasteiger partial charge in [-0.1, -0.05) is 6.92 Å². The van der Waals surface area contributed by atoms with Crippen molar-refractivity contribution in [2.45, 2.75) is 64.2 Å². The fraction of sp³-hybridized carbons (Fsp3) is 0.786. The molecule has 100 valence electrons. The molecule has 1 aliphatic carbocycles. The third kappa shape index (κ3) is 2.76. The smallest absolute Gasteiger partial charge is 0.107 e. The average molecular weight is 265 g/mol. The number of hydrogen-bond donors (Lipinski definition) is 1. The zero-order valence-electron chi connectivity index (χ0n) is 11.4. The van der Waals surface area contributed by atoms with E-state index in [1.54, 1.807) is 0 Å². The van der Waals surface area contributed by atoms with Crippen LogP contribution in [0, 0.1) is 0 Å². The maximum atomic E-state index is 4.48. The minimum atomic E-state index is 0.662. The molecule has 2 fully saturated rings. The molecule has 1 N–H and O–H groups in total. The van der Waals surface area contributed by atoms with Gasteiger partial charge in [-0.2, -0.15) is 0 Å². The number of nitrogens with zero attached hydrogens (tertiary/aromatic N) is 2. The Morgan fingerprint density at radius 3 is 3.00 bits per heavy atom. The van der Waals surface area contributed by atoms with Crippen LogP contribution >= 0.6 is 11.3 Å². The van der Waals surface area contributed by atoms with E-state index in [0.717, 1.165) is 25.0 Å². The fourth-order valence-electron chi connectivity index (χ4n) is 2.94. The molecule has 2 atom stereocenters. The molecule has 0 bridgehead atoms. The van der Waals surface area contributed by atoms with Gasteiger partial charge in [0.05, 0.1) is 0 Å². The lowest BCUT2D eigenvalue weighted by Gasteiger charge is -2.19. The first-order chi connectivity index (χ1) is 8.76. The van der Waals surface area contributed by atoms with E-state index in [-0.39, 0.29) is 0 Å². The molecule has 1 saturated heterocycles. The van der Waals surface area contributed by atoms with E-state index in [0.29, 0.717) is 6.04 Å². The highest BCUT2D eigenvalue weighted by Gasteiger charge is 2.38. The maximum Gasteiger partial charge on any atom is 0.107 e. The second kappa shape index (κ2) is 5.27. The summed E-state index contributed by atoms with van der Waals surface area (Å²) in [5.41, 5.74) is 0. The topological polar surface area (TPSA) is 28.2 Å². The number of aromatic nitrogens is 1. The standard InChI is InChI=1S/C14H23N3S/c1-3-13-7-16-14(18-13)8-15-11-6-10(2)17(9-11)12-4-5-12/h7,10-12,15H,3-6,8-9H2,1-2H3. The van der Waals surface area contributed by atoms with E-state index in [2.05, 4.69) is 29.0 Å². The summed E-state index contributed by atoms with van der Waals surface area (Å²) >= 11 is 1.85. The molecule has 4 heteroatoms. The Morgan fingerprint density at radius 2 is 2.33 bits per heavy atom. The number of thiazole rings is 1. The minimum absolute atomic E-state index is 0.662. The maximum absolute atomic E-state index is 4.48. The fourth-order valence-corrected chi connectivity index (χ4v) is 3.76. The molecule has 3 rings (SSSR count). The van der Waals surface area contributed by atoms with E-state index < -0.39 is 0 Å². The van der Waals surface area contributed by atoms with Crippen LogP contribution in [-0.4, -0.2) is 34.6 Å². The molecular formula is C14H23N3S. The number of nitrogens with one attached hydrogen (secondary N) is 1. The molecule has 1 aromatic rings. The normalized spacial score (nSPS) is 29.0. The summed E-state index contributed by atoms with van der Waals surface area (Å²) in [4.78, 5) is 8.56. The largest absolute Gasteiger partial charge is 0.306 e. The average Bonchev–Trinajstić information content (AvgIpc) is 2.99. The van der Waals surface area contributed by atoms with Gasteiger partial charge in [0.25, 0.3) is 0 Å². The van der Waals surface area contributed by atoms with Gasteiger partial charge in [-0.15, -0.1) is 11.3 Å². The lowest BCUT2D eigenvalue weighted by molar-refractivity contribution is 0.255. The van der Waals surface area contributed by atoms with Crippen LogP contribution in [0.2, 0.25) is 0 Å². The highest BCUT2D eigenvalue weighted by atomic mass is 32.1. The lowest BCUT2D eigenvalue weighted by Crippen LogP contribution is -2.33. The van der Waals surface area contributed by atoms with Gasteiger partial charge in [0, 0.05) is 42.3 Å². The molecule has 2 heterocycles. The van der Waals surface area contributed by atoms with E-state index in [4.69, 9.17) is 0 Å². The molecule has 2 aliphatic rings. The first kappa shape index (κ1) is 12.6. The summed E-state index contributed by atoms with van der Waals surface area (Å²) in [6, 6.07) is 2.32. The van der Waals surface area contributed by atoms with Crippen LogP contribution in [0.5, 0.6) is 0 Å². The molecule has 1 aliphatic heterocycles. The Labute approximate surface area is 114 Å². The third-order valence-electron chi connectivity index (χ3n) is 4.13. The molecular weight excluding hydrogens is 242 g/mol. The first-order valence-corrected chi connectivity index (χ1v) is 8.00. The van der Waals surface area contributed by atoms with E-state index in [1.807, 2.05) is 17.5 Å². The van der Waals surface area contributed by atoms with Crippen LogP contribution in [0.15, 0.2) is 6.20 Å². The highest BCUT2D eigenvalue weighted by molar-refractivity contribution is 7.11. The Morgan fingerprint density at radius 1 is 1.50 bits per heavy atom. The van der Waals surface area contributed by atoms with Crippen LogP contribution in [-0.2, 0) is 13.0 Å². The van der Waals surface area contributed by atoms with E-state index in [9.17, 15) is 0 Å². The summed E-state index contributed by atoms with van der Waals surface area (Å²) in [6.07, 6.45) is 7.26. The molecule has 0 amide bonds. The quantitative estimate of drug-likeness (QED) is 0.886. The molecule has 1 saturated carbocycles. The monoisotopic (exact) mass is 265 g/mol. The number of hydrogen-bond acceptors (Lipinski definition) is 4. The second-order valence-corrected chi connectivity index (χ2v) is 6.86. The van der Waals surface area contributed by atoms with Crippen LogP contribution in [0.1, 0.15) is 43.0 Å². The van der Waals surface area contributed by atoms with Crippen molar-refractivity contribution in [3.8, 4) is 0 Å². The molecule has 3 nitrogen and oxygen atoms in total. The minimum Gasteiger partial charge on any atom is -0.306 e. The van der Waals surface area contributed by atoms with Gasteiger partial charge in [0.15, 0.2) is 0 Å². The summed E-state index contributed by atoms with van der Waals surface area (Å²) in [5.74, 6) is 0. The Bertz CT molecular complexity index is 399. The van der Waals surface area contributed by atoms with Gasteiger partial charge in [0.1, 0.15) is 5.01 Å². The molecule has 18 heavy (non-hydrogen) atoms. The van der Waals surface area contributed by atoms with Gasteiger partial charge >= 0.3 is 0 Å². The number of aryl methyl sites for hydroxylation is 1. The van der Waals surface area contributed by atoms with Gasteiger partial charge in [0.2, 0.25) is 0 Å². The van der Waals surface area contributed by atoms with Crippen LogP contribution in [0.4, 0.5) is 0 Å². The van der Waals surface area contributed by atoms with Crippen molar-refractivity contribution in [1.82, 2.24) is 15.2 Å². The molecule has 0 radical (unpaired) electrons. The molecule has 1 aromatic heterocycles. The summed E-state index contributed by atoms with van der Waals surface area (Å²) in [6.45, 7) is 6.74. The lowest BCUT2D eigenvalue weighted by atomic mass is 10.2. The highest BCUT2D eigenvalue weighted by Crippen LogP contribution is 2.33. The van der Waals surface area contributed by atoms with Crippen LogP contribution in [0.25, 0.3) is 0 Å². The second-order valence-electron chi connectivity index (χ2n) is 5.66. The summed E-state index contributed by atoms with van der Waals surface area (Å²) in [5, 5.41) is 4.92. The zero-order valence-corrected chi connectivity index (χ0v) is 12.2. The van der Waals surface area contributed by atoms with E-state index in [1.165, 1.54) is 35.7 Å². The van der Waals surface area contributed by atoms with E-state index >= 15 is 0 Å². The summed E-state index contributed by atoms with van der Waals surface area (Å²) < 4.78 is 0. The Balaban J connectivity index is 1.48. The predicted octanol–water partition coefficient (Wildman–Crippen LogP) is 2.42. The predicted molar refractivity (Wildman–Crippen MR) is 75.9 cm³/mol. The van der Waals surface area contributed by atoms with Gasteiger partial charge in [-0.05, 0) is 32.6 Å². The Kier molecular flexibility index (Phi) is 3.68. The third-order valence-corrected chi connectivity index (χ3v) is 5.27. The SMILES string of the molecule is CCc1cnc(CNC2CC(C)N(C3CC3)C2)s1. The van der Waals surface area contributed by atoms with Crippen molar-refractivity contribution >= 4 is 11.3 Å². The molecule has 2 unspecified atom stereocenters.